The summed E-state index contributed by atoms with van der Waals surface area (Å²) in [5, 5.41) is 0. The van der Waals surface area contributed by atoms with Gasteiger partial charge in [0.2, 0.25) is 0 Å². The highest BCUT2D eigenvalue weighted by Gasteiger charge is 2.56. The van der Waals surface area contributed by atoms with E-state index in [0.717, 1.165) is 5.92 Å². The summed E-state index contributed by atoms with van der Waals surface area (Å²) in [4.78, 5) is 2.71. The van der Waals surface area contributed by atoms with Crippen LogP contribution in [0.1, 0.15) is 71.3 Å². The molecule has 2 bridgehead atoms. The van der Waals surface area contributed by atoms with Gasteiger partial charge in [-0.1, -0.05) is 51.1 Å². The third-order valence-corrected chi connectivity index (χ3v) is 7.59. The van der Waals surface area contributed by atoms with Crippen LogP contribution in [0, 0.1) is 16.7 Å². The summed E-state index contributed by atoms with van der Waals surface area (Å²) in [5.74, 6) is 0.803. The van der Waals surface area contributed by atoms with Crippen molar-refractivity contribution in [1.29, 1.82) is 0 Å². The first kappa shape index (κ1) is 18.5. The molecule has 1 heterocycles. The fourth-order valence-corrected chi connectivity index (χ4v) is 7.42. The van der Waals surface area contributed by atoms with Gasteiger partial charge >= 0.3 is 0 Å². The Morgan fingerprint density at radius 1 is 1.00 bits per heavy atom. The first-order valence-electron chi connectivity index (χ1n) is 10.8. The number of nitrogens with two attached hydrogens (primary N) is 1. The van der Waals surface area contributed by atoms with Crippen molar-refractivity contribution >= 4 is 0 Å². The van der Waals surface area contributed by atoms with Crippen molar-refractivity contribution in [3.8, 4) is 0 Å². The lowest BCUT2D eigenvalue weighted by atomic mass is 9.43. The second-order valence-corrected chi connectivity index (χ2v) is 10.9. The molecule has 1 aliphatic heterocycles. The van der Waals surface area contributed by atoms with Gasteiger partial charge in [-0.05, 0) is 85.8 Å². The standard InChI is InChI=1S/C24H38N2/c1-19-13-22(2,18-26-11-9-21(25)10-12-26)15-23(3)16-24(14-19,17-23)20-7-5-4-6-8-20/h4-8,19,21H,9-18,25H2,1-3H3/t19?,22?,23-,24+. The molecule has 0 amide bonds. The van der Waals surface area contributed by atoms with Gasteiger partial charge in [-0.2, -0.15) is 0 Å². The largest absolute Gasteiger partial charge is 0.328 e. The molecular formula is C24H38N2. The van der Waals surface area contributed by atoms with E-state index in [1.165, 1.54) is 64.6 Å². The smallest absolute Gasteiger partial charge is 0.00631 e. The molecule has 3 saturated carbocycles. The maximum atomic E-state index is 6.12. The fourth-order valence-electron chi connectivity index (χ4n) is 7.42. The number of nitrogens with zero attached hydrogens (tertiary/aromatic N) is 1. The Hall–Kier alpha value is -0.860. The number of benzene rings is 1. The van der Waals surface area contributed by atoms with Crippen LogP contribution in [0.25, 0.3) is 0 Å². The van der Waals surface area contributed by atoms with Crippen molar-refractivity contribution < 1.29 is 0 Å². The van der Waals surface area contributed by atoms with E-state index < -0.39 is 0 Å². The summed E-state index contributed by atoms with van der Waals surface area (Å²) in [7, 11) is 0. The van der Waals surface area contributed by atoms with E-state index in [-0.39, 0.29) is 0 Å². The maximum Gasteiger partial charge on any atom is 0.00631 e. The van der Waals surface area contributed by atoms with Crippen LogP contribution in [-0.2, 0) is 5.41 Å². The number of hydrogen-bond acceptors (Lipinski definition) is 2. The summed E-state index contributed by atoms with van der Waals surface area (Å²) < 4.78 is 0. The van der Waals surface area contributed by atoms with Gasteiger partial charge in [-0.15, -0.1) is 0 Å². The van der Waals surface area contributed by atoms with Crippen LogP contribution in [0.2, 0.25) is 0 Å². The minimum Gasteiger partial charge on any atom is -0.328 e. The second-order valence-electron chi connectivity index (χ2n) is 10.9. The molecule has 0 spiro atoms. The van der Waals surface area contributed by atoms with Crippen molar-refractivity contribution in [2.24, 2.45) is 22.5 Å². The molecule has 0 aromatic heterocycles. The van der Waals surface area contributed by atoms with Crippen LogP contribution in [0.15, 0.2) is 30.3 Å². The molecule has 1 aromatic carbocycles. The SMILES string of the molecule is CC1CC(C)(CN2CCC(N)CC2)C[C@]2(C)C[C@@](c3ccccc3)(C1)C2. The normalized spacial score (nSPS) is 41.9. The molecule has 144 valence electrons. The predicted molar refractivity (Wildman–Crippen MR) is 110 cm³/mol. The summed E-state index contributed by atoms with van der Waals surface area (Å²) >= 11 is 0. The number of rotatable bonds is 3. The Morgan fingerprint density at radius 2 is 1.65 bits per heavy atom. The molecule has 2 atom stereocenters. The van der Waals surface area contributed by atoms with Crippen molar-refractivity contribution in [3.63, 3.8) is 0 Å². The minimum atomic E-state index is 0.436. The number of likely N-dealkylation sites (tertiary alicyclic amines) is 1. The summed E-state index contributed by atoms with van der Waals surface area (Å²) in [5.41, 5.74) is 9.15. The van der Waals surface area contributed by atoms with E-state index in [4.69, 9.17) is 5.73 Å². The highest BCUT2D eigenvalue weighted by Crippen LogP contribution is 2.64. The molecule has 4 aliphatic rings. The van der Waals surface area contributed by atoms with Crippen molar-refractivity contribution in [2.75, 3.05) is 19.6 Å². The Bertz CT molecular complexity index is 605. The maximum absolute atomic E-state index is 6.12. The van der Waals surface area contributed by atoms with Crippen LogP contribution < -0.4 is 5.73 Å². The van der Waals surface area contributed by atoms with Crippen LogP contribution in [0.3, 0.4) is 0 Å². The topological polar surface area (TPSA) is 29.3 Å². The Labute approximate surface area is 160 Å². The number of fused-ring (bicyclic) bond motifs is 4. The molecule has 2 N–H and O–H groups in total. The van der Waals surface area contributed by atoms with Gasteiger partial charge in [-0.25, -0.2) is 0 Å². The average Bonchev–Trinajstić information content (AvgIpc) is 2.54. The van der Waals surface area contributed by atoms with E-state index in [1.807, 2.05) is 0 Å². The molecule has 4 fully saturated rings. The number of hydrogen-bond donors (Lipinski definition) is 1. The highest BCUT2D eigenvalue weighted by atomic mass is 15.1. The molecule has 2 heteroatoms. The first-order chi connectivity index (χ1) is 12.3. The van der Waals surface area contributed by atoms with Crippen molar-refractivity contribution in [3.05, 3.63) is 35.9 Å². The fraction of sp³-hybridized carbons (Fsp3) is 0.750. The molecule has 3 aliphatic carbocycles. The molecular weight excluding hydrogens is 316 g/mol. The lowest BCUT2D eigenvalue weighted by molar-refractivity contribution is -0.0602. The lowest BCUT2D eigenvalue weighted by Gasteiger charge is -2.61. The zero-order valence-electron chi connectivity index (χ0n) is 17.1. The van der Waals surface area contributed by atoms with E-state index in [2.05, 4.69) is 56.0 Å². The summed E-state index contributed by atoms with van der Waals surface area (Å²) in [6.07, 6.45) is 9.26. The van der Waals surface area contributed by atoms with Crippen molar-refractivity contribution in [2.45, 2.75) is 77.2 Å². The Kier molecular flexibility index (Phi) is 4.72. The van der Waals surface area contributed by atoms with E-state index in [9.17, 15) is 0 Å². The van der Waals surface area contributed by atoms with Gasteiger partial charge < -0.3 is 10.6 Å². The highest BCUT2D eigenvalue weighted by molar-refractivity contribution is 5.31. The lowest BCUT2D eigenvalue weighted by Crippen LogP contribution is -2.55. The third-order valence-electron chi connectivity index (χ3n) is 7.59. The van der Waals surface area contributed by atoms with E-state index in [0.29, 0.717) is 22.3 Å². The first-order valence-corrected chi connectivity index (χ1v) is 10.8. The number of piperidine rings is 1. The molecule has 2 unspecified atom stereocenters. The molecule has 0 radical (unpaired) electrons. The second kappa shape index (κ2) is 6.63. The molecule has 1 saturated heterocycles. The molecule has 1 aromatic rings. The average molecular weight is 355 g/mol. The molecule has 5 rings (SSSR count). The van der Waals surface area contributed by atoms with Crippen LogP contribution in [-0.4, -0.2) is 30.6 Å². The zero-order chi connectivity index (χ0) is 18.4. The minimum absolute atomic E-state index is 0.436. The predicted octanol–water partition coefficient (Wildman–Crippen LogP) is 4.97. The van der Waals surface area contributed by atoms with Gasteiger partial charge in [-0.3, -0.25) is 0 Å². The van der Waals surface area contributed by atoms with Crippen LogP contribution in [0.5, 0.6) is 0 Å². The van der Waals surface area contributed by atoms with E-state index in [1.54, 1.807) is 5.56 Å². The van der Waals surface area contributed by atoms with Gasteiger partial charge in [0, 0.05) is 12.6 Å². The Morgan fingerprint density at radius 3 is 2.31 bits per heavy atom. The Balaban J connectivity index is 1.49. The van der Waals surface area contributed by atoms with Gasteiger partial charge in [0.15, 0.2) is 0 Å². The quantitative estimate of drug-likeness (QED) is 0.830. The van der Waals surface area contributed by atoms with Crippen LogP contribution in [0.4, 0.5) is 0 Å². The monoisotopic (exact) mass is 354 g/mol. The van der Waals surface area contributed by atoms with Gasteiger partial charge in [0.05, 0.1) is 0 Å². The summed E-state index contributed by atoms with van der Waals surface area (Å²) in [6.45, 7) is 11.3. The summed E-state index contributed by atoms with van der Waals surface area (Å²) in [6, 6.07) is 11.8. The third kappa shape index (κ3) is 3.60. The zero-order valence-corrected chi connectivity index (χ0v) is 17.1. The van der Waals surface area contributed by atoms with Gasteiger partial charge in [0.25, 0.3) is 0 Å². The molecule has 26 heavy (non-hydrogen) atoms. The van der Waals surface area contributed by atoms with Gasteiger partial charge in [0.1, 0.15) is 0 Å². The van der Waals surface area contributed by atoms with E-state index >= 15 is 0 Å². The molecule has 2 nitrogen and oxygen atoms in total. The van der Waals surface area contributed by atoms with Crippen LogP contribution >= 0.6 is 0 Å². The van der Waals surface area contributed by atoms with Crippen molar-refractivity contribution in [1.82, 2.24) is 4.90 Å².